The lowest BCUT2D eigenvalue weighted by atomic mass is 10.1. The molecule has 0 bridgehead atoms. The first-order chi connectivity index (χ1) is 9.86. The summed E-state index contributed by atoms with van der Waals surface area (Å²) in [6, 6.07) is 10.7. The zero-order valence-corrected chi connectivity index (χ0v) is 12.1. The van der Waals surface area contributed by atoms with Gasteiger partial charge in [0.15, 0.2) is 9.84 Å². The molecule has 4 nitrogen and oxygen atoms in total. The van der Waals surface area contributed by atoms with Crippen LogP contribution in [-0.4, -0.2) is 20.5 Å². The Morgan fingerprint density at radius 3 is 2.43 bits per heavy atom. The summed E-state index contributed by atoms with van der Waals surface area (Å²) in [5, 5.41) is 8.14. The average molecular weight is 304 g/mol. The number of halogens is 1. The Kier molecular flexibility index (Phi) is 3.06. The second-order valence-corrected chi connectivity index (χ2v) is 7.02. The van der Waals surface area contributed by atoms with Crippen LogP contribution in [0.3, 0.4) is 0 Å². The molecule has 2 aromatic carbocycles. The van der Waals surface area contributed by atoms with Crippen LogP contribution in [0.4, 0.5) is 10.1 Å². The second-order valence-electron chi connectivity index (χ2n) is 5.00. The summed E-state index contributed by atoms with van der Waals surface area (Å²) in [7, 11) is -3.24. The van der Waals surface area contributed by atoms with Gasteiger partial charge in [0.05, 0.1) is 11.4 Å². The van der Waals surface area contributed by atoms with Gasteiger partial charge < -0.3 is 4.90 Å². The molecule has 2 aromatic rings. The van der Waals surface area contributed by atoms with Crippen LogP contribution < -0.4 is 4.90 Å². The summed E-state index contributed by atoms with van der Waals surface area (Å²) in [6.07, 6.45) is 1.15. The number of nitrogens with one attached hydrogen (secondary N) is 1. The first-order valence-electron chi connectivity index (χ1n) is 6.31. The van der Waals surface area contributed by atoms with E-state index in [0.717, 1.165) is 11.8 Å². The standard InChI is InChI=1S/C15H13FN2O2S/c1-21(19,20)13-6-4-12(5-7-13)18-9-10-2-3-11(16)8-14(10)15(18)17/h2-8,17H,9H2,1H3. The van der Waals surface area contributed by atoms with Crippen molar-refractivity contribution in [2.75, 3.05) is 11.2 Å². The van der Waals surface area contributed by atoms with Gasteiger partial charge in [-0.2, -0.15) is 0 Å². The maximum atomic E-state index is 13.3. The summed E-state index contributed by atoms with van der Waals surface area (Å²) < 4.78 is 36.2. The fourth-order valence-corrected chi connectivity index (χ4v) is 3.03. The molecule has 21 heavy (non-hydrogen) atoms. The Morgan fingerprint density at radius 1 is 1.14 bits per heavy atom. The number of hydrogen-bond acceptors (Lipinski definition) is 3. The van der Waals surface area contributed by atoms with Crippen molar-refractivity contribution in [3.63, 3.8) is 0 Å². The maximum Gasteiger partial charge on any atom is 0.175 e. The quantitative estimate of drug-likeness (QED) is 0.927. The molecule has 0 saturated carbocycles. The van der Waals surface area contributed by atoms with Crippen LogP contribution in [0.2, 0.25) is 0 Å². The number of rotatable bonds is 2. The predicted molar refractivity (Wildman–Crippen MR) is 79.0 cm³/mol. The summed E-state index contributed by atoms with van der Waals surface area (Å²) in [6.45, 7) is 0.479. The Morgan fingerprint density at radius 2 is 1.81 bits per heavy atom. The van der Waals surface area contributed by atoms with Gasteiger partial charge in [-0.15, -0.1) is 0 Å². The van der Waals surface area contributed by atoms with Crippen molar-refractivity contribution in [1.82, 2.24) is 0 Å². The van der Waals surface area contributed by atoms with Gasteiger partial charge >= 0.3 is 0 Å². The number of fused-ring (bicyclic) bond motifs is 1. The van der Waals surface area contributed by atoms with Crippen LogP contribution in [-0.2, 0) is 16.4 Å². The molecule has 1 aliphatic rings. The lowest BCUT2D eigenvalue weighted by molar-refractivity contribution is 0.602. The first kappa shape index (κ1) is 13.8. The Labute approximate surface area is 122 Å². The van der Waals surface area contributed by atoms with E-state index in [1.54, 1.807) is 23.1 Å². The van der Waals surface area contributed by atoms with E-state index in [2.05, 4.69) is 0 Å². The second kappa shape index (κ2) is 4.66. The molecular weight excluding hydrogens is 291 g/mol. The molecule has 108 valence electrons. The molecule has 1 heterocycles. The van der Waals surface area contributed by atoms with Crippen molar-refractivity contribution in [3.05, 3.63) is 59.4 Å². The van der Waals surface area contributed by atoms with Gasteiger partial charge in [-0.1, -0.05) is 6.07 Å². The van der Waals surface area contributed by atoms with E-state index >= 15 is 0 Å². The van der Waals surface area contributed by atoms with Gasteiger partial charge in [-0.05, 0) is 42.0 Å². The van der Waals surface area contributed by atoms with Crippen LogP contribution in [0.1, 0.15) is 11.1 Å². The highest BCUT2D eigenvalue weighted by atomic mass is 32.2. The van der Waals surface area contributed by atoms with Gasteiger partial charge in [-0.25, -0.2) is 12.8 Å². The largest absolute Gasteiger partial charge is 0.322 e. The van der Waals surface area contributed by atoms with Crippen LogP contribution in [0, 0.1) is 11.2 Å². The van der Waals surface area contributed by atoms with Crippen LogP contribution in [0.5, 0.6) is 0 Å². The molecule has 0 radical (unpaired) electrons. The Hall–Kier alpha value is -2.21. The molecule has 0 amide bonds. The van der Waals surface area contributed by atoms with Crippen molar-refractivity contribution in [3.8, 4) is 0 Å². The Balaban J connectivity index is 1.95. The number of hydrogen-bond donors (Lipinski definition) is 1. The van der Waals surface area contributed by atoms with Gasteiger partial charge in [0.1, 0.15) is 11.7 Å². The van der Waals surface area contributed by atoms with E-state index < -0.39 is 9.84 Å². The lowest BCUT2D eigenvalue weighted by Crippen LogP contribution is -2.23. The SMILES string of the molecule is CS(=O)(=O)c1ccc(N2Cc3ccc(F)cc3C2=N)cc1. The number of nitrogens with zero attached hydrogens (tertiary/aromatic N) is 1. The molecule has 0 unspecified atom stereocenters. The minimum Gasteiger partial charge on any atom is -0.322 e. The van der Waals surface area contributed by atoms with Gasteiger partial charge in [-0.3, -0.25) is 5.41 Å². The number of benzene rings is 2. The third kappa shape index (κ3) is 2.42. The molecule has 3 rings (SSSR count). The zero-order chi connectivity index (χ0) is 15.2. The van der Waals surface area contributed by atoms with E-state index in [1.807, 2.05) is 0 Å². The highest BCUT2D eigenvalue weighted by Gasteiger charge is 2.25. The smallest absolute Gasteiger partial charge is 0.175 e. The van der Waals surface area contributed by atoms with E-state index in [1.165, 1.54) is 24.3 Å². The van der Waals surface area contributed by atoms with E-state index in [4.69, 9.17) is 5.41 Å². The molecule has 0 aromatic heterocycles. The van der Waals surface area contributed by atoms with Gasteiger partial charge in [0.25, 0.3) is 0 Å². The van der Waals surface area contributed by atoms with Crippen molar-refractivity contribution in [2.24, 2.45) is 0 Å². The monoisotopic (exact) mass is 304 g/mol. The normalized spacial score (nSPS) is 14.4. The molecule has 0 atom stereocenters. The zero-order valence-electron chi connectivity index (χ0n) is 11.3. The number of amidine groups is 1. The molecule has 6 heteroatoms. The fraction of sp³-hybridized carbons (Fsp3) is 0.133. The van der Waals surface area contributed by atoms with Crippen LogP contribution >= 0.6 is 0 Å². The summed E-state index contributed by atoms with van der Waals surface area (Å²) in [4.78, 5) is 1.96. The van der Waals surface area contributed by atoms with Crippen molar-refractivity contribution >= 4 is 21.4 Å². The average Bonchev–Trinajstić information content (AvgIpc) is 2.75. The molecule has 0 fully saturated rings. The lowest BCUT2D eigenvalue weighted by Gasteiger charge is -2.18. The summed E-state index contributed by atoms with van der Waals surface area (Å²) >= 11 is 0. The predicted octanol–water partition coefficient (Wildman–Crippen LogP) is 2.57. The molecule has 1 aliphatic heterocycles. The minimum absolute atomic E-state index is 0.219. The summed E-state index contributed by atoms with van der Waals surface area (Å²) in [5.74, 6) is -0.149. The molecule has 0 saturated heterocycles. The first-order valence-corrected chi connectivity index (χ1v) is 8.20. The van der Waals surface area contributed by atoms with Gasteiger partial charge in [0.2, 0.25) is 0 Å². The van der Waals surface area contributed by atoms with Crippen molar-refractivity contribution in [1.29, 1.82) is 5.41 Å². The highest BCUT2D eigenvalue weighted by molar-refractivity contribution is 7.90. The van der Waals surface area contributed by atoms with E-state index in [-0.39, 0.29) is 16.5 Å². The Bertz CT molecular complexity index is 829. The molecule has 1 N–H and O–H groups in total. The minimum atomic E-state index is -3.24. The van der Waals surface area contributed by atoms with Crippen molar-refractivity contribution in [2.45, 2.75) is 11.4 Å². The molecular formula is C15H13FN2O2S. The number of anilines is 1. The topological polar surface area (TPSA) is 61.2 Å². The summed E-state index contributed by atoms with van der Waals surface area (Å²) in [5.41, 5.74) is 2.17. The fourth-order valence-electron chi connectivity index (χ4n) is 2.40. The third-order valence-electron chi connectivity index (χ3n) is 3.50. The van der Waals surface area contributed by atoms with Crippen LogP contribution in [0.15, 0.2) is 47.4 Å². The molecule has 0 aliphatic carbocycles. The van der Waals surface area contributed by atoms with E-state index in [9.17, 15) is 12.8 Å². The highest BCUT2D eigenvalue weighted by Crippen LogP contribution is 2.29. The van der Waals surface area contributed by atoms with Crippen molar-refractivity contribution < 1.29 is 12.8 Å². The van der Waals surface area contributed by atoms with Gasteiger partial charge in [0, 0.05) is 17.5 Å². The maximum absolute atomic E-state index is 13.3. The third-order valence-corrected chi connectivity index (χ3v) is 4.63. The van der Waals surface area contributed by atoms with Crippen LogP contribution in [0.25, 0.3) is 0 Å². The van der Waals surface area contributed by atoms with E-state index in [0.29, 0.717) is 17.8 Å². The molecule has 0 spiro atoms. The number of sulfone groups is 1.